The Kier molecular flexibility index (Phi) is 3.22. The summed E-state index contributed by atoms with van der Waals surface area (Å²) >= 11 is 0. The van der Waals surface area contributed by atoms with Crippen molar-refractivity contribution < 1.29 is 0 Å². The fraction of sp³-hybridized carbons (Fsp3) is 0. The normalized spacial score (nSPS) is 11.2. The van der Waals surface area contributed by atoms with Gasteiger partial charge in [0.1, 0.15) is 5.65 Å². The lowest BCUT2D eigenvalue weighted by molar-refractivity contribution is 1.36. The Hall–Kier alpha value is -3.66. The zero-order valence-corrected chi connectivity index (χ0v) is 13.9. The van der Waals surface area contributed by atoms with Gasteiger partial charge in [-0.05, 0) is 30.3 Å². The van der Waals surface area contributed by atoms with Gasteiger partial charge in [0.2, 0.25) is 5.43 Å². The minimum Gasteiger partial charge on any atom is -0.354 e. The third-order valence-electron chi connectivity index (χ3n) is 4.59. The number of para-hydroxylation sites is 3. The van der Waals surface area contributed by atoms with Crippen molar-refractivity contribution in [1.29, 1.82) is 0 Å². The van der Waals surface area contributed by atoms with Gasteiger partial charge in [0.25, 0.3) is 0 Å². The maximum absolute atomic E-state index is 13.2. The lowest BCUT2D eigenvalue weighted by Crippen LogP contribution is -2.08. The number of rotatable bonds is 2. The van der Waals surface area contributed by atoms with E-state index in [-0.39, 0.29) is 5.43 Å². The maximum Gasteiger partial charge on any atom is 0.200 e. The van der Waals surface area contributed by atoms with E-state index in [4.69, 9.17) is 4.98 Å². The molecule has 0 fully saturated rings. The van der Waals surface area contributed by atoms with Crippen LogP contribution >= 0.6 is 0 Å². The molecule has 0 amide bonds. The molecule has 4 heteroatoms. The molecule has 0 unspecified atom stereocenters. The predicted molar refractivity (Wildman–Crippen MR) is 107 cm³/mol. The van der Waals surface area contributed by atoms with Crippen LogP contribution in [-0.4, -0.2) is 9.97 Å². The fourth-order valence-corrected chi connectivity index (χ4v) is 3.37. The van der Waals surface area contributed by atoms with Gasteiger partial charge in [0.05, 0.1) is 22.1 Å². The molecule has 124 valence electrons. The Labute approximate surface area is 149 Å². The van der Waals surface area contributed by atoms with Gasteiger partial charge in [-0.15, -0.1) is 0 Å². The molecular formula is C22H15N3O. The first kappa shape index (κ1) is 14.7. The Bertz CT molecular complexity index is 1320. The molecule has 0 saturated carbocycles. The second kappa shape index (κ2) is 5.70. The zero-order chi connectivity index (χ0) is 17.5. The Morgan fingerprint density at radius 1 is 0.769 bits per heavy atom. The largest absolute Gasteiger partial charge is 0.354 e. The number of hydrogen-bond acceptors (Lipinski definition) is 3. The molecule has 0 saturated heterocycles. The highest BCUT2D eigenvalue weighted by Crippen LogP contribution is 2.31. The molecular weight excluding hydrogens is 322 g/mol. The highest BCUT2D eigenvalue weighted by molar-refractivity contribution is 6.10. The third-order valence-corrected chi connectivity index (χ3v) is 4.59. The van der Waals surface area contributed by atoms with E-state index >= 15 is 0 Å². The molecule has 0 aliphatic rings. The molecule has 3 aromatic carbocycles. The minimum atomic E-state index is -0.0222. The molecule has 2 N–H and O–H groups in total. The molecule has 5 rings (SSSR count). The predicted octanol–water partition coefficient (Wildman–Crippen LogP) is 4.97. The summed E-state index contributed by atoms with van der Waals surface area (Å²) in [5, 5.41) is 5.59. The monoisotopic (exact) mass is 337 g/mol. The average molecular weight is 337 g/mol. The summed E-state index contributed by atoms with van der Waals surface area (Å²) in [6.45, 7) is 0. The molecule has 5 aromatic rings. The summed E-state index contributed by atoms with van der Waals surface area (Å²) in [7, 11) is 0. The maximum atomic E-state index is 13.2. The number of pyridine rings is 2. The molecule has 0 bridgehead atoms. The van der Waals surface area contributed by atoms with Crippen LogP contribution in [0.1, 0.15) is 0 Å². The number of anilines is 2. The number of hydrogen-bond donors (Lipinski definition) is 2. The standard InChI is InChI=1S/C22H15N3O/c26-21-16-11-5-7-13-18(16)25-22-19(21)20(23-14-8-2-1-3-9-14)15-10-4-6-12-17(15)24-22/h1-13H,(H2,23,24,25,26). The van der Waals surface area contributed by atoms with Crippen LogP contribution in [0.15, 0.2) is 83.7 Å². The summed E-state index contributed by atoms with van der Waals surface area (Å²) in [6, 6.07) is 25.2. The van der Waals surface area contributed by atoms with Crippen LogP contribution < -0.4 is 10.7 Å². The van der Waals surface area contributed by atoms with Crippen molar-refractivity contribution in [3.8, 4) is 0 Å². The van der Waals surface area contributed by atoms with Crippen molar-refractivity contribution in [2.75, 3.05) is 5.32 Å². The Morgan fingerprint density at radius 3 is 2.31 bits per heavy atom. The molecule has 4 nitrogen and oxygen atoms in total. The van der Waals surface area contributed by atoms with Crippen molar-refractivity contribution in [2.24, 2.45) is 0 Å². The van der Waals surface area contributed by atoms with Gasteiger partial charge in [-0.1, -0.05) is 48.5 Å². The molecule has 2 aromatic heterocycles. The van der Waals surface area contributed by atoms with E-state index in [2.05, 4.69) is 10.3 Å². The molecule has 0 aliphatic carbocycles. The number of benzene rings is 3. The van der Waals surface area contributed by atoms with E-state index in [1.54, 1.807) is 0 Å². The van der Waals surface area contributed by atoms with Crippen molar-refractivity contribution >= 4 is 44.2 Å². The summed E-state index contributed by atoms with van der Waals surface area (Å²) < 4.78 is 0. The van der Waals surface area contributed by atoms with E-state index in [1.165, 1.54) is 0 Å². The first-order valence-corrected chi connectivity index (χ1v) is 8.47. The van der Waals surface area contributed by atoms with Crippen molar-refractivity contribution in [3.05, 3.63) is 89.1 Å². The molecule has 2 heterocycles. The van der Waals surface area contributed by atoms with Crippen molar-refractivity contribution in [3.63, 3.8) is 0 Å². The number of aromatic nitrogens is 2. The van der Waals surface area contributed by atoms with Gasteiger partial charge in [-0.25, -0.2) is 4.98 Å². The van der Waals surface area contributed by atoms with Crippen LogP contribution in [-0.2, 0) is 0 Å². The van der Waals surface area contributed by atoms with Gasteiger partial charge in [0.15, 0.2) is 0 Å². The Balaban J connectivity index is 1.94. The molecule has 0 aliphatic heterocycles. The van der Waals surface area contributed by atoms with Gasteiger partial charge < -0.3 is 10.3 Å². The second-order valence-corrected chi connectivity index (χ2v) is 6.22. The van der Waals surface area contributed by atoms with E-state index < -0.39 is 0 Å². The molecule has 0 radical (unpaired) electrons. The van der Waals surface area contributed by atoms with Gasteiger partial charge in [-0.2, -0.15) is 0 Å². The van der Waals surface area contributed by atoms with Crippen LogP contribution in [0.25, 0.3) is 32.8 Å². The average Bonchev–Trinajstić information content (AvgIpc) is 2.69. The Morgan fingerprint density at radius 2 is 1.46 bits per heavy atom. The van der Waals surface area contributed by atoms with E-state index in [0.29, 0.717) is 16.4 Å². The topological polar surface area (TPSA) is 57.8 Å². The first-order valence-electron chi connectivity index (χ1n) is 8.47. The third kappa shape index (κ3) is 2.24. The van der Waals surface area contributed by atoms with E-state index in [9.17, 15) is 4.79 Å². The minimum absolute atomic E-state index is 0.0222. The summed E-state index contributed by atoms with van der Waals surface area (Å²) in [4.78, 5) is 21.3. The van der Waals surface area contributed by atoms with E-state index in [0.717, 1.165) is 27.8 Å². The summed E-state index contributed by atoms with van der Waals surface area (Å²) in [5.74, 6) is 0. The highest BCUT2D eigenvalue weighted by Gasteiger charge is 2.15. The number of aromatic amines is 1. The van der Waals surface area contributed by atoms with Crippen LogP contribution in [0.5, 0.6) is 0 Å². The quantitative estimate of drug-likeness (QED) is 0.447. The number of H-pyrrole nitrogens is 1. The van der Waals surface area contributed by atoms with Crippen molar-refractivity contribution in [2.45, 2.75) is 0 Å². The lowest BCUT2D eigenvalue weighted by Gasteiger charge is -2.13. The molecule has 0 atom stereocenters. The fourth-order valence-electron chi connectivity index (χ4n) is 3.37. The smallest absolute Gasteiger partial charge is 0.200 e. The second-order valence-electron chi connectivity index (χ2n) is 6.22. The molecule has 0 spiro atoms. The van der Waals surface area contributed by atoms with Crippen LogP contribution in [0.4, 0.5) is 11.4 Å². The zero-order valence-electron chi connectivity index (χ0n) is 13.9. The van der Waals surface area contributed by atoms with Crippen molar-refractivity contribution in [1.82, 2.24) is 9.97 Å². The van der Waals surface area contributed by atoms with E-state index in [1.807, 2.05) is 78.9 Å². The first-order chi connectivity index (χ1) is 12.8. The summed E-state index contributed by atoms with van der Waals surface area (Å²) in [6.07, 6.45) is 0. The van der Waals surface area contributed by atoms with Crippen LogP contribution in [0, 0.1) is 0 Å². The summed E-state index contributed by atoms with van der Waals surface area (Å²) in [5.41, 5.74) is 3.90. The van der Waals surface area contributed by atoms with Crippen LogP contribution in [0.3, 0.4) is 0 Å². The number of nitrogens with one attached hydrogen (secondary N) is 2. The van der Waals surface area contributed by atoms with Gasteiger partial charge in [-0.3, -0.25) is 4.79 Å². The van der Waals surface area contributed by atoms with Gasteiger partial charge >= 0.3 is 0 Å². The van der Waals surface area contributed by atoms with Gasteiger partial charge in [0, 0.05) is 16.5 Å². The SMILES string of the molecule is O=c1c2ccccc2[nH]c2nc3ccccc3c(Nc3ccccc3)c12. The van der Waals surface area contributed by atoms with Crippen LogP contribution in [0.2, 0.25) is 0 Å². The highest BCUT2D eigenvalue weighted by atomic mass is 16.1. The number of nitrogens with zero attached hydrogens (tertiary/aromatic N) is 1. The lowest BCUT2D eigenvalue weighted by atomic mass is 10.1. The number of fused-ring (bicyclic) bond motifs is 3. The molecule has 26 heavy (non-hydrogen) atoms.